The van der Waals surface area contributed by atoms with Crippen LogP contribution in [0.5, 0.6) is 0 Å². The highest BCUT2D eigenvalue weighted by Gasteiger charge is 2.50. The number of nitrogens with two attached hydrogens (primary N) is 1. The van der Waals surface area contributed by atoms with E-state index < -0.39 is 0 Å². The minimum absolute atomic E-state index is 0.0122. The molecule has 0 aromatic rings. The molecule has 2 nitrogen and oxygen atoms in total. The molecule has 0 aromatic heterocycles. The van der Waals surface area contributed by atoms with E-state index in [9.17, 15) is 5.11 Å². The molecule has 0 aliphatic heterocycles. The van der Waals surface area contributed by atoms with Crippen molar-refractivity contribution in [1.29, 1.82) is 0 Å². The zero-order chi connectivity index (χ0) is 10.1. The molecule has 2 atom stereocenters. The summed E-state index contributed by atoms with van der Waals surface area (Å²) in [6.07, 6.45) is 4.15. The fraction of sp³-hybridized carbons (Fsp3) is 1.00. The van der Waals surface area contributed by atoms with Gasteiger partial charge in [0.15, 0.2) is 0 Å². The summed E-state index contributed by atoms with van der Waals surface area (Å²) in [6, 6.07) is 0. The van der Waals surface area contributed by atoms with E-state index in [0.29, 0.717) is 6.54 Å². The van der Waals surface area contributed by atoms with Crippen molar-refractivity contribution in [2.45, 2.75) is 52.6 Å². The molecule has 3 N–H and O–H groups in total. The molecule has 78 valence electrons. The van der Waals surface area contributed by atoms with Crippen molar-refractivity contribution < 1.29 is 5.11 Å². The van der Waals surface area contributed by atoms with Crippen molar-refractivity contribution in [2.75, 3.05) is 6.54 Å². The Bertz CT molecular complexity index is 179. The van der Waals surface area contributed by atoms with Gasteiger partial charge in [-0.25, -0.2) is 0 Å². The van der Waals surface area contributed by atoms with Gasteiger partial charge in [-0.1, -0.05) is 27.2 Å². The third kappa shape index (κ3) is 1.75. The van der Waals surface area contributed by atoms with Gasteiger partial charge in [-0.2, -0.15) is 0 Å². The minimum Gasteiger partial charge on any atom is -0.392 e. The van der Waals surface area contributed by atoms with Crippen molar-refractivity contribution in [1.82, 2.24) is 0 Å². The quantitative estimate of drug-likeness (QED) is 0.705. The third-order valence-corrected chi connectivity index (χ3v) is 3.74. The molecule has 1 aliphatic rings. The number of hydrogen-bond acceptors (Lipinski definition) is 2. The van der Waals surface area contributed by atoms with E-state index in [2.05, 4.69) is 20.8 Å². The second-order valence-corrected chi connectivity index (χ2v) is 5.21. The van der Waals surface area contributed by atoms with E-state index in [1.165, 1.54) is 0 Å². The maximum atomic E-state index is 10.2. The maximum Gasteiger partial charge on any atom is 0.0659 e. The molecule has 1 aliphatic carbocycles. The topological polar surface area (TPSA) is 46.2 Å². The Morgan fingerprint density at radius 1 is 1.38 bits per heavy atom. The summed E-state index contributed by atoms with van der Waals surface area (Å²) in [5.74, 6) is 0. The highest BCUT2D eigenvalue weighted by Crippen LogP contribution is 2.50. The van der Waals surface area contributed by atoms with Crippen LogP contribution in [-0.2, 0) is 0 Å². The molecular weight excluding hydrogens is 162 g/mol. The first-order chi connectivity index (χ1) is 5.98. The predicted molar refractivity (Wildman–Crippen MR) is 55.4 cm³/mol. The van der Waals surface area contributed by atoms with Gasteiger partial charge >= 0.3 is 0 Å². The molecule has 2 unspecified atom stereocenters. The average Bonchev–Trinajstić information content (AvgIpc) is 2.31. The predicted octanol–water partition coefficient (Wildman–Crippen LogP) is 1.91. The Hall–Kier alpha value is -0.0800. The molecule has 0 saturated heterocycles. The van der Waals surface area contributed by atoms with Gasteiger partial charge < -0.3 is 10.8 Å². The highest BCUT2D eigenvalue weighted by molar-refractivity contribution is 5.01. The first-order valence-electron chi connectivity index (χ1n) is 5.37. The van der Waals surface area contributed by atoms with E-state index in [4.69, 9.17) is 5.73 Å². The van der Waals surface area contributed by atoms with Gasteiger partial charge in [0.05, 0.1) is 6.10 Å². The lowest BCUT2D eigenvalue weighted by molar-refractivity contribution is -0.00940. The van der Waals surface area contributed by atoms with Crippen LogP contribution < -0.4 is 5.73 Å². The molecule has 13 heavy (non-hydrogen) atoms. The number of aliphatic hydroxyl groups excluding tert-OH is 1. The Balaban J connectivity index is 2.79. The summed E-state index contributed by atoms with van der Waals surface area (Å²) in [5.41, 5.74) is 5.88. The maximum absolute atomic E-state index is 10.2. The standard InChI is InChI=1S/C11H23NO/c1-4-5-11(8-12)7-6-10(2,3)9(11)13/h9,13H,4-8,12H2,1-3H3. The van der Waals surface area contributed by atoms with Crippen LogP contribution in [0.1, 0.15) is 46.5 Å². The summed E-state index contributed by atoms with van der Waals surface area (Å²) in [7, 11) is 0. The molecule has 0 bridgehead atoms. The second-order valence-electron chi connectivity index (χ2n) is 5.21. The van der Waals surface area contributed by atoms with Crippen LogP contribution >= 0.6 is 0 Å². The summed E-state index contributed by atoms with van der Waals surface area (Å²) in [5, 5.41) is 10.2. The Morgan fingerprint density at radius 2 is 2.00 bits per heavy atom. The normalized spacial score (nSPS) is 38.1. The van der Waals surface area contributed by atoms with Gasteiger partial charge in [-0.05, 0) is 24.7 Å². The molecule has 1 rings (SSSR count). The van der Waals surface area contributed by atoms with Crippen molar-refractivity contribution >= 4 is 0 Å². The first-order valence-corrected chi connectivity index (χ1v) is 5.37. The van der Waals surface area contributed by atoms with Gasteiger partial charge in [-0.3, -0.25) is 0 Å². The minimum atomic E-state index is -0.218. The average molecular weight is 185 g/mol. The van der Waals surface area contributed by atoms with E-state index in [-0.39, 0.29) is 16.9 Å². The molecular formula is C11H23NO. The largest absolute Gasteiger partial charge is 0.392 e. The van der Waals surface area contributed by atoms with Gasteiger partial charge in [0.25, 0.3) is 0 Å². The number of rotatable bonds is 3. The Labute approximate surface area is 81.5 Å². The van der Waals surface area contributed by atoms with E-state index >= 15 is 0 Å². The molecule has 0 spiro atoms. The molecule has 0 radical (unpaired) electrons. The van der Waals surface area contributed by atoms with Gasteiger partial charge in [0, 0.05) is 12.0 Å². The lowest BCUT2D eigenvalue weighted by Crippen LogP contribution is -2.42. The monoisotopic (exact) mass is 185 g/mol. The molecule has 1 saturated carbocycles. The van der Waals surface area contributed by atoms with Crippen LogP contribution in [0.25, 0.3) is 0 Å². The lowest BCUT2D eigenvalue weighted by atomic mass is 9.75. The van der Waals surface area contributed by atoms with Crippen LogP contribution in [0, 0.1) is 10.8 Å². The molecule has 1 fully saturated rings. The van der Waals surface area contributed by atoms with E-state index in [0.717, 1.165) is 25.7 Å². The molecule has 0 heterocycles. The van der Waals surface area contributed by atoms with E-state index in [1.54, 1.807) is 0 Å². The van der Waals surface area contributed by atoms with Crippen molar-refractivity contribution in [2.24, 2.45) is 16.6 Å². The summed E-state index contributed by atoms with van der Waals surface area (Å²) in [6.45, 7) is 7.08. The van der Waals surface area contributed by atoms with Gasteiger partial charge in [0.2, 0.25) is 0 Å². The van der Waals surface area contributed by atoms with Crippen molar-refractivity contribution in [3.8, 4) is 0 Å². The molecule has 2 heteroatoms. The Kier molecular flexibility index (Phi) is 3.03. The van der Waals surface area contributed by atoms with Crippen molar-refractivity contribution in [3.05, 3.63) is 0 Å². The van der Waals surface area contributed by atoms with Gasteiger partial charge in [-0.15, -0.1) is 0 Å². The highest BCUT2D eigenvalue weighted by atomic mass is 16.3. The zero-order valence-corrected chi connectivity index (χ0v) is 9.14. The van der Waals surface area contributed by atoms with Crippen LogP contribution in [0.2, 0.25) is 0 Å². The summed E-state index contributed by atoms with van der Waals surface area (Å²) >= 11 is 0. The third-order valence-electron chi connectivity index (χ3n) is 3.74. The van der Waals surface area contributed by atoms with E-state index in [1.807, 2.05) is 0 Å². The zero-order valence-electron chi connectivity index (χ0n) is 9.14. The number of hydrogen-bond donors (Lipinski definition) is 2. The summed E-state index contributed by atoms with van der Waals surface area (Å²) < 4.78 is 0. The Morgan fingerprint density at radius 3 is 2.31 bits per heavy atom. The van der Waals surface area contributed by atoms with Crippen LogP contribution in [0.4, 0.5) is 0 Å². The molecule has 0 amide bonds. The SMILES string of the molecule is CCCC1(CN)CCC(C)(C)C1O. The smallest absolute Gasteiger partial charge is 0.0659 e. The van der Waals surface area contributed by atoms with Crippen molar-refractivity contribution in [3.63, 3.8) is 0 Å². The van der Waals surface area contributed by atoms with Crippen LogP contribution in [-0.4, -0.2) is 17.8 Å². The molecule has 0 aromatic carbocycles. The van der Waals surface area contributed by atoms with Gasteiger partial charge in [0.1, 0.15) is 0 Å². The van der Waals surface area contributed by atoms with Crippen LogP contribution in [0.15, 0.2) is 0 Å². The first kappa shape index (κ1) is 11.0. The lowest BCUT2D eigenvalue weighted by Gasteiger charge is -2.35. The summed E-state index contributed by atoms with van der Waals surface area (Å²) in [4.78, 5) is 0. The number of aliphatic hydroxyl groups is 1. The fourth-order valence-electron chi connectivity index (χ4n) is 2.75. The fourth-order valence-corrected chi connectivity index (χ4v) is 2.75. The van der Waals surface area contributed by atoms with Crippen LogP contribution in [0.3, 0.4) is 0 Å². The second kappa shape index (κ2) is 3.58.